The highest BCUT2D eigenvalue weighted by Crippen LogP contribution is 2.37. The van der Waals surface area contributed by atoms with Crippen molar-refractivity contribution in [2.24, 2.45) is 0 Å². The quantitative estimate of drug-likeness (QED) is 0.776. The highest BCUT2D eigenvalue weighted by Gasteiger charge is 2.20. The molecule has 1 heterocycles. The topological polar surface area (TPSA) is 52.0 Å². The van der Waals surface area contributed by atoms with Gasteiger partial charge in [-0.2, -0.15) is 0 Å². The monoisotopic (exact) mass is 290 g/mol. The Bertz CT molecular complexity index is 794. The molecule has 0 aliphatic carbocycles. The molecule has 0 saturated carbocycles. The van der Waals surface area contributed by atoms with E-state index < -0.39 is 17.5 Å². The smallest absolute Gasteiger partial charge is 0.230 e. The van der Waals surface area contributed by atoms with Crippen LogP contribution in [-0.2, 0) is 0 Å². The fourth-order valence-corrected chi connectivity index (χ4v) is 2.11. The molecular weight excluding hydrogens is 281 g/mol. The third-order valence-electron chi connectivity index (χ3n) is 3.00. The normalized spacial score (nSPS) is 10.8. The van der Waals surface area contributed by atoms with Gasteiger partial charge in [-0.1, -0.05) is 23.4 Å². The minimum Gasteiger partial charge on any atom is -0.367 e. The van der Waals surface area contributed by atoms with Gasteiger partial charge in [-0.15, -0.1) is 0 Å². The van der Waals surface area contributed by atoms with Gasteiger partial charge in [0.25, 0.3) is 0 Å². The predicted molar refractivity (Wildman–Crippen MR) is 71.7 cm³/mol. The third-order valence-corrected chi connectivity index (χ3v) is 3.00. The molecule has 106 valence electrons. The molecule has 0 bridgehead atoms. The minimum absolute atomic E-state index is 0.0796. The van der Waals surface area contributed by atoms with Gasteiger partial charge in [-0.3, -0.25) is 0 Å². The Morgan fingerprint density at radius 3 is 2.29 bits per heavy atom. The number of hydrogen-bond acceptors (Lipinski definition) is 3. The van der Waals surface area contributed by atoms with E-state index in [2.05, 4.69) is 5.16 Å². The van der Waals surface area contributed by atoms with Gasteiger partial charge in [0.15, 0.2) is 0 Å². The summed E-state index contributed by atoms with van der Waals surface area (Å²) in [5.41, 5.74) is 6.18. The molecular formula is C15H9F3N2O. The first-order valence-electron chi connectivity index (χ1n) is 6.03. The van der Waals surface area contributed by atoms with Gasteiger partial charge < -0.3 is 10.3 Å². The molecule has 0 saturated heterocycles. The number of benzene rings is 2. The molecule has 0 aliphatic heterocycles. The molecule has 0 spiro atoms. The Labute approximate surface area is 117 Å². The third kappa shape index (κ3) is 2.35. The summed E-state index contributed by atoms with van der Waals surface area (Å²) in [5.74, 6) is -2.21. The molecule has 2 aromatic carbocycles. The van der Waals surface area contributed by atoms with Gasteiger partial charge in [-0.25, -0.2) is 13.2 Å². The van der Waals surface area contributed by atoms with Crippen LogP contribution in [0.25, 0.3) is 22.4 Å². The maximum absolute atomic E-state index is 13.9. The van der Waals surface area contributed by atoms with Gasteiger partial charge in [0.2, 0.25) is 5.88 Å². The van der Waals surface area contributed by atoms with Crippen LogP contribution >= 0.6 is 0 Å². The Morgan fingerprint density at radius 1 is 0.952 bits per heavy atom. The van der Waals surface area contributed by atoms with E-state index in [1.54, 1.807) is 6.07 Å². The van der Waals surface area contributed by atoms with Crippen molar-refractivity contribution in [3.05, 3.63) is 59.9 Å². The number of anilines is 1. The molecule has 0 unspecified atom stereocenters. The molecule has 0 amide bonds. The van der Waals surface area contributed by atoms with Gasteiger partial charge in [-0.05, 0) is 18.2 Å². The van der Waals surface area contributed by atoms with Crippen molar-refractivity contribution in [2.45, 2.75) is 0 Å². The Kier molecular flexibility index (Phi) is 3.13. The van der Waals surface area contributed by atoms with E-state index in [4.69, 9.17) is 10.3 Å². The average Bonchev–Trinajstić information content (AvgIpc) is 2.80. The lowest BCUT2D eigenvalue weighted by Crippen LogP contribution is -1.91. The first-order chi connectivity index (χ1) is 10.1. The van der Waals surface area contributed by atoms with Crippen molar-refractivity contribution in [3.8, 4) is 22.4 Å². The van der Waals surface area contributed by atoms with Gasteiger partial charge in [0, 0.05) is 17.2 Å². The lowest BCUT2D eigenvalue weighted by molar-refractivity contribution is 0.439. The molecule has 0 fully saturated rings. The van der Waals surface area contributed by atoms with Crippen LogP contribution in [-0.4, -0.2) is 5.16 Å². The maximum Gasteiger partial charge on any atom is 0.230 e. The largest absolute Gasteiger partial charge is 0.367 e. The van der Waals surface area contributed by atoms with Crippen LogP contribution in [0.4, 0.5) is 19.1 Å². The zero-order chi connectivity index (χ0) is 15.0. The van der Waals surface area contributed by atoms with E-state index >= 15 is 0 Å². The second kappa shape index (κ2) is 4.97. The molecule has 6 heteroatoms. The Balaban J connectivity index is 2.24. The van der Waals surface area contributed by atoms with Crippen molar-refractivity contribution in [3.63, 3.8) is 0 Å². The van der Waals surface area contributed by atoms with Crippen molar-refractivity contribution in [2.75, 3.05) is 5.73 Å². The van der Waals surface area contributed by atoms with Crippen molar-refractivity contribution < 1.29 is 17.7 Å². The van der Waals surface area contributed by atoms with Crippen LogP contribution in [0, 0.1) is 17.5 Å². The van der Waals surface area contributed by atoms with Crippen molar-refractivity contribution in [1.82, 2.24) is 5.16 Å². The average molecular weight is 290 g/mol. The van der Waals surface area contributed by atoms with Gasteiger partial charge >= 0.3 is 0 Å². The molecule has 21 heavy (non-hydrogen) atoms. The van der Waals surface area contributed by atoms with E-state index in [1.807, 2.05) is 0 Å². The number of nitrogens with zero attached hydrogens (tertiary/aromatic N) is 1. The van der Waals surface area contributed by atoms with Crippen LogP contribution < -0.4 is 5.73 Å². The predicted octanol–water partition coefficient (Wildman–Crippen LogP) is 4.01. The fourth-order valence-electron chi connectivity index (χ4n) is 2.11. The Morgan fingerprint density at radius 2 is 1.62 bits per heavy atom. The Hall–Kier alpha value is -2.76. The molecule has 0 atom stereocenters. The molecule has 3 nitrogen and oxygen atoms in total. The minimum atomic E-state index is -0.772. The van der Waals surface area contributed by atoms with Gasteiger partial charge in [0.1, 0.15) is 23.1 Å². The van der Waals surface area contributed by atoms with Crippen LogP contribution in [0.5, 0.6) is 0 Å². The zero-order valence-corrected chi connectivity index (χ0v) is 10.6. The summed E-state index contributed by atoms with van der Waals surface area (Å²) in [7, 11) is 0. The molecule has 3 aromatic rings. The van der Waals surface area contributed by atoms with Crippen LogP contribution in [0.2, 0.25) is 0 Å². The highest BCUT2D eigenvalue weighted by molar-refractivity contribution is 5.87. The molecule has 3 rings (SSSR count). The second-order valence-electron chi connectivity index (χ2n) is 4.41. The van der Waals surface area contributed by atoms with E-state index in [9.17, 15) is 13.2 Å². The summed E-state index contributed by atoms with van der Waals surface area (Å²) < 4.78 is 45.4. The standard InChI is InChI=1S/C15H9F3N2O/c16-9-5-8(6-10(17)7-9)14-13(15(19)21-20-14)11-3-1-2-4-12(11)18/h1-7H,19H2. The maximum atomic E-state index is 13.9. The van der Waals surface area contributed by atoms with Crippen molar-refractivity contribution in [1.29, 1.82) is 0 Å². The summed E-state index contributed by atoms with van der Waals surface area (Å²) in [6, 6.07) is 8.74. The van der Waals surface area contributed by atoms with E-state index in [1.165, 1.54) is 18.2 Å². The first-order valence-corrected chi connectivity index (χ1v) is 6.03. The van der Waals surface area contributed by atoms with Gasteiger partial charge in [0.05, 0.1) is 5.56 Å². The summed E-state index contributed by atoms with van der Waals surface area (Å²) in [5, 5.41) is 3.69. The van der Waals surface area contributed by atoms with E-state index in [-0.39, 0.29) is 28.3 Å². The number of nitrogens with two attached hydrogens (primary N) is 1. The summed E-state index contributed by atoms with van der Waals surface area (Å²) in [6.07, 6.45) is 0. The van der Waals surface area contributed by atoms with Crippen LogP contribution in [0.15, 0.2) is 47.0 Å². The highest BCUT2D eigenvalue weighted by atomic mass is 19.1. The lowest BCUT2D eigenvalue weighted by Gasteiger charge is -2.04. The summed E-state index contributed by atoms with van der Waals surface area (Å²) in [4.78, 5) is 0. The second-order valence-corrected chi connectivity index (χ2v) is 4.41. The first kappa shape index (κ1) is 13.2. The molecule has 0 aliphatic rings. The number of aromatic nitrogens is 1. The van der Waals surface area contributed by atoms with Crippen LogP contribution in [0.3, 0.4) is 0 Å². The fraction of sp³-hybridized carbons (Fsp3) is 0. The van der Waals surface area contributed by atoms with Crippen molar-refractivity contribution >= 4 is 5.88 Å². The summed E-state index contributed by atoms with van der Waals surface area (Å²) in [6.45, 7) is 0. The number of hydrogen-bond donors (Lipinski definition) is 1. The number of rotatable bonds is 2. The zero-order valence-electron chi connectivity index (χ0n) is 10.6. The lowest BCUT2D eigenvalue weighted by atomic mass is 10.0. The SMILES string of the molecule is Nc1onc(-c2cc(F)cc(F)c2)c1-c1ccccc1F. The van der Waals surface area contributed by atoms with E-state index in [0.29, 0.717) is 0 Å². The molecule has 1 aromatic heterocycles. The van der Waals surface area contributed by atoms with E-state index in [0.717, 1.165) is 18.2 Å². The molecule has 0 radical (unpaired) electrons. The number of nitrogen functional groups attached to an aromatic ring is 1. The van der Waals surface area contributed by atoms with Crippen LogP contribution in [0.1, 0.15) is 0 Å². The summed E-state index contributed by atoms with van der Waals surface area (Å²) >= 11 is 0. The number of halogens is 3. The molecule has 2 N–H and O–H groups in total.